The molecule has 0 bridgehead atoms. The highest BCUT2D eigenvalue weighted by Gasteiger charge is 2.56. The van der Waals surface area contributed by atoms with Crippen LogP contribution in [0.3, 0.4) is 0 Å². The summed E-state index contributed by atoms with van der Waals surface area (Å²) in [6.07, 6.45) is 0.758. The number of nitriles is 1. The summed E-state index contributed by atoms with van der Waals surface area (Å²) in [5, 5.41) is 12.8. The highest BCUT2D eigenvalue weighted by Crippen LogP contribution is 2.46. The van der Waals surface area contributed by atoms with E-state index in [-0.39, 0.29) is 31.4 Å². The lowest BCUT2D eigenvalue weighted by Gasteiger charge is -2.32. The Bertz CT molecular complexity index is 1180. The second-order valence-electron chi connectivity index (χ2n) is 10.0. The van der Waals surface area contributed by atoms with Crippen molar-refractivity contribution in [2.45, 2.75) is 57.2 Å². The maximum Gasteiger partial charge on any atom is 0.410 e. The SMILES string of the molecule is CC(C)CCC(C(=O)N1C[C@]2(C[C@H]1C#N)C(=O)Nc1ccccc12)N(C)C(=O)OCc1ccccc1. The van der Waals surface area contributed by atoms with Crippen molar-refractivity contribution >= 4 is 23.6 Å². The van der Waals surface area contributed by atoms with Gasteiger partial charge in [-0.15, -0.1) is 0 Å². The predicted molar refractivity (Wildman–Crippen MR) is 135 cm³/mol. The summed E-state index contributed by atoms with van der Waals surface area (Å²) in [7, 11) is 1.56. The van der Waals surface area contributed by atoms with E-state index in [0.717, 1.165) is 11.1 Å². The van der Waals surface area contributed by atoms with E-state index in [2.05, 4.69) is 25.2 Å². The Labute approximate surface area is 211 Å². The van der Waals surface area contributed by atoms with Gasteiger partial charge in [-0.1, -0.05) is 62.4 Å². The number of fused-ring (bicyclic) bond motifs is 2. The summed E-state index contributed by atoms with van der Waals surface area (Å²) in [6, 6.07) is 17.4. The minimum Gasteiger partial charge on any atom is -0.445 e. The minimum atomic E-state index is -0.971. The van der Waals surface area contributed by atoms with Gasteiger partial charge in [0.05, 0.1) is 11.5 Å². The predicted octanol–water partition coefficient (Wildman–Crippen LogP) is 4.07. The summed E-state index contributed by atoms with van der Waals surface area (Å²) in [4.78, 5) is 42.7. The molecule has 2 aromatic rings. The number of benzene rings is 2. The van der Waals surface area contributed by atoms with E-state index in [1.807, 2.05) is 54.6 Å². The Morgan fingerprint density at radius 3 is 2.56 bits per heavy atom. The monoisotopic (exact) mass is 488 g/mol. The van der Waals surface area contributed by atoms with Crippen molar-refractivity contribution < 1.29 is 19.1 Å². The topological polar surface area (TPSA) is 103 Å². The summed E-state index contributed by atoms with van der Waals surface area (Å²) in [5.74, 6) is -0.220. The number of likely N-dealkylation sites (tertiary alicyclic amines) is 1. The number of para-hydroxylation sites is 1. The molecule has 2 aliphatic rings. The van der Waals surface area contributed by atoms with E-state index in [1.165, 1.54) is 9.80 Å². The van der Waals surface area contributed by atoms with Crippen LogP contribution in [0.25, 0.3) is 0 Å². The normalized spacial score (nSPS) is 21.1. The van der Waals surface area contributed by atoms with Gasteiger partial charge in [-0.2, -0.15) is 5.26 Å². The zero-order valence-corrected chi connectivity index (χ0v) is 20.9. The first kappa shape index (κ1) is 25.2. The number of ether oxygens (including phenoxy) is 1. The number of carbonyl (C=O) groups excluding carboxylic acids is 3. The van der Waals surface area contributed by atoms with E-state index >= 15 is 0 Å². The van der Waals surface area contributed by atoms with Crippen LogP contribution < -0.4 is 5.32 Å². The maximum atomic E-state index is 13.9. The van der Waals surface area contributed by atoms with Crippen molar-refractivity contribution in [1.82, 2.24) is 9.80 Å². The van der Waals surface area contributed by atoms with Crippen molar-refractivity contribution in [3.63, 3.8) is 0 Å². The zero-order chi connectivity index (χ0) is 25.9. The number of carbonyl (C=O) groups is 3. The fraction of sp³-hybridized carbons (Fsp3) is 0.429. The van der Waals surface area contributed by atoms with Crippen molar-refractivity contribution in [3.05, 3.63) is 65.7 Å². The molecule has 2 aliphatic heterocycles. The van der Waals surface area contributed by atoms with E-state index in [4.69, 9.17) is 4.74 Å². The quantitative estimate of drug-likeness (QED) is 0.633. The smallest absolute Gasteiger partial charge is 0.410 e. The van der Waals surface area contributed by atoms with Gasteiger partial charge in [-0.3, -0.25) is 14.5 Å². The summed E-state index contributed by atoms with van der Waals surface area (Å²) >= 11 is 0. The average molecular weight is 489 g/mol. The standard InChI is InChI=1S/C28H32N4O4/c1-19(2)13-14-24(31(3)27(35)36-17-20-9-5-4-6-10-20)25(33)32-18-28(15-21(32)16-29)22-11-7-8-12-23(22)30-26(28)34/h4-12,19,21,24H,13-15,17-18H2,1-3H3,(H,30,34)/t21-,24?,28-/m0/s1. The van der Waals surface area contributed by atoms with Gasteiger partial charge in [-0.25, -0.2) is 4.79 Å². The third-order valence-corrected chi connectivity index (χ3v) is 7.18. The lowest BCUT2D eigenvalue weighted by molar-refractivity contribution is -0.136. The van der Waals surface area contributed by atoms with Crippen LogP contribution in [0.4, 0.5) is 10.5 Å². The van der Waals surface area contributed by atoms with Crippen molar-refractivity contribution in [1.29, 1.82) is 5.26 Å². The second-order valence-corrected chi connectivity index (χ2v) is 10.0. The molecule has 0 aliphatic carbocycles. The molecule has 1 N–H and O–H groups in total. The Morgan fingerprint density at radius 1 is 1.17 bits per heavy atom. The van der Waals surface area contributed by atoms with Gasteiger partial charge in [0.1, 0.15) is 18.7 Å². The van der Waals surface area contributed by atoms with Gasteiger partial charge in [0.2, 0.25) is 11.8 Å². The second kappa shape index (κ2) is 10.4. The number of nitrogens with one attached hydrogen (secondary N) is 1. The molecule has 1 saturated heterocycles. The zero-order valence-electron chi connectivity index (χ0n) is 20.9. The molecule has 36 heavy (non-hydrogen) atoms. The van der Waals surface area contributed by atoms with Gasteiger partial charge < -0.3 is 15.0 Å². The number of nitrogens with zero attached hydrogens (tertiary/aromatic N) is 3. The molecule has 4 rings (SSSR count). The van der Waals surface area contributed by atoms with Gasteiger partial charge in [0, 0.05) is 25.7 Å². The average Bonchev–Trinajstić information content (AvgIpc) is 3.41. The molecule has 0 aromatic heterocycles. The first-order valence-electron chi connectivity index (χ1n) is 12.3. The molecule has 188 valence electrons. The number of anilines is 1. The Balaban J connectivity index is 1.56. The molecule has 3 amide bonds. The molecule has 8 nitrogen and oxygen atoms in total. The van der Waals surface area contributed by atoms with Crippen LogP contribution in [0.2, 0.25) is 0 Å². The molecule has 1 unspecified atom stereocenters. The molecule has 2 heterocycles. The van der Waals surface area contributed by atoms with Crippen molar-refractivity contribution in [2.75, 3.05) is 18.9 Å². The van der Waals surface area contributed by atoms with Crippen LogP contribution in [-0.4, -0.2) is 53.4 Å². The van der Waals surface area contributed by atoms with Crippen molar-refractivity contribution in [2.24, 2.45) is 5.92 Å². The number of hydrogen-bond acceptors (Lipinski definition) is 5. The van der Waals surface area contributed by atoms with Crippen LogP contribution >= 0.6 is 0 Å². The molecule has 1 fully saturated rings. The number of rotatable bonds is 7. The summed E-state index contributed by atoms with van der Waals surface area (Å²) in [6.45, 7) is 4.30. The third kappa shape index (κ3) is 4.78. The van der Waals surface area contributed by atoms with Crippen LogP contribution in [0, 0.1) is 17.2 Å². The lowest BCUT2D eigenvalue weighted by Crippen LogP contribution is -2.51. The highest BCUT2D eigenvalue weighted by atomic mass is 16.6. The third-order valence-electron chi connectivity index (χ3n) is 7.18. The molecule has 8 heteroatoms. The highest BCUT2D eigenvalue weighted by molar-refractivity contribution is 6.07. The fourth-order valence-corrected chi connectivity index (χ4v) is 5.10. The molecular weight excluding hydrogens is 456 g/mol. The van der Waals surface area contributed by atoms with Gasteiger partial charge in [-0.05, 0) is 36.0 Å². The van der Waals surface area contributed by atoms with Crippen molar-refractivity contribution in [3.8, 4) is 6.07 Å². The molecule has 0 radical (unpaired) electrons. The Hall–Kier alpha value is -3.86. The van der Waals surface area contributed by atoms with Gasteiger partial charge in [0.25, 0.3) is 0 Å². The number of amides is 3. The van der Waals surface area contributed by atoms with Crippen LogP contribution in [-0.2, 0) is 26.3 Å². The van der Waals surface area contributed by atoms with E-state index < -0.39 is 23.6 Å². The lowest BCUT2D eigenvalue weighted by atomic mass is 9.80. The number of hydrogen-bond donors (Lipinski definition) is 1. The molecule has 3 atom stereocenters. The fourth-order valence-electron chi connectivity index (χ4n) is 5.10. The first-order valence-corrected chi connectivity index (χ1v) is 12.3. The van der Waals surface area contributed by atoms with E-state index in [9.17, 15) is 19.6 Å². The molecule has 1 spiro atoms. The summed E-state index contributed by atoms with van der Waals surface area (Å²) in [5.41, 5.74) is 1.40. The maximum absolute atomic E-state index is 13.9. The Kier molecular flexibility index (Phi) is 7.30. The van der Waals surface area contributed by atoms with E-state index in [1.54, 1.807) is 7.05 Å². The minimum absolute atomic E-state index is 0.0952. The Morgan fingerprint density at radius 2 is 1.86 bits per heavy atom. The van der Waals surface area contributed by atoms with Crippen LogP contribution in [0.15, 0.2) is 54.6 Å². The van der Waals surface area contributed by atoms with Crippen LogP contribution in [0.1, 0.15) is 44.2 Å². The van der Waals surface area contributed by atoms with Gasteiger partial charge >= 0.3 is 6.09 Å². The van der Waals surface area contributed by atoms with Crippen LogP contribution in [0.5, 0.6) is 0 Å². The molecule has 2 aromatic carbocycles. The summed E-state index contributed by atoms with van der Waals surface area (Å²) < 4.78 is 5.49. The molecular formula is C28H32N4O4. The largest absolute Gasteiger partial charge is 0.445 e. The molecule has 0 saturated carbocycles. The first-order chi connectivity index (χ1) is 17.3. The number of likely N-dealkylation sites (N-methyl/N-ethyl adjacent to an activating group) is 1. The van der Waals surface area contributed by atoms with Gasteiger partial charge in [0.15, 0.2) is 0 Å². The van der Waals surface area contributed by atoms with E-state index in [0.29, 0.717) is 24.4 Å².